The third-order valence-electron chi connectivity index (χ3n) is 3.49. The van der Waals surface area contributed by atoms with Crippen molar-refractivity contribution >= 4 is 21.8 Å². The van der Waals surface area contributed by atoms with Crippen LogP contribution in [0.4, 0.5) is 0 Å². The first-order valence-electron chi connectivity index (χ1n) is 7.59. The number of aryl methyl sites for hydroxylation is 1. The zero-order chi connectivity index (χ0) is 16.8. The largest absolute Gasteiger partial charge is 0.336 e. The first kappa shape index (κ1) is 17.4. The fraction of sp³-hybridized carbons (Fsp3) is 0.353. The van der Waals surface area contributed by atoms with Gasteiger partial charge in [-0.15, -0.1) is 0 Å². The second-order valence-corrected chi connectivity index (χ2v) is 6.34. The number of hydrogen-bond acceptors (Lipinski definition) is 3. The smallest absolute Gasteiger partial charge is 0.274 e. The topological polar surface area (TPSA) is 55.2 Å². The summed E-state index contributed by atoms with van der Waals surface area (Å²) in [6, 6.07) is 10.7. The Hall–Kier alpha value is -1.95. The van der Waals surface area contributed by atoms with Crippen LogP contribution in [0.15, 0.2) is 45.7 Å². The van der Waals surface area contributed by atoms with Crippen LogP contribution in [0.2, 0.25) is 0 Å². The minimum absolute atomic E-state index is 0.175. The molecule has 1 aromatic heterocycles. The van der Waals surface area contributed by atoms with Crippen molar-refractivity contribution in [3.63, 3.8) is 0 Å². The van der Waals surface area contributed by atoms with E-state index in [1.807, 2.05) is 31.2 Å². The molecule has 0 radical (unpaired) electrons. The van der Waals surface area contributed by atoms with Gasteiger partial charge in [0.1, 0.15) is 5.69 Å². The van der Waals surface area contributed by atoms with Gasteiger partial charge >= 0.3 is 0 Å². The summed E-state index contributed by atoms with van der Waals surface area (Å²) in [5.74, 6) is -0.196. The third kappa shape index (κ3) is 4.76. The summed E-state index contributed by atoms with van der Waals surface area (Å²) >= 11 is 3.39. The van der Waals surface area contributed by atoms with Gasteiger partial charge in [-0.2, -0.15) is 5.10 Å². The average molecular weight is 378 g/mol. The molecular formula is C17H20BrN3O2. The van der Waals surface area contributed by atoms with Gasteiger partial charge in [-0.05, 0) is 30.2 Å². The van der Waals surface area contributed by atoms with E-state index in [9.17, 15) is 9.59 Å². The predicted octanol–water partition coefficient (Wildman–Crippen LogP) is 3.08. The molecule has 1 amide bonds. The van der Waals surface area contributed by atoms with Gasteiger partial charge in [-0.25, -0.2) is 4.68 Å². The Morgan fingerprint density at radius 1 is 1.22 bits per heavy atom. The molecule has 1 heterocycles. The summed E-state index contributed by atoms with van der Waals surface area (Å²) in [5, 5.41) is 4.19. The number of benzene rings is 1. The summed E-state index contributed by atoms with van der Waals surface area (Å²) in [6.07, 6.45) is 1.83. The van der Waals surface area contributed by atoms with Crippen LogP contribution in [0.3, 0.4) is 0 Å². The van der Waals surface area contributed by atoms with Crippen LogP contribution in [-0.2, 0) is 13.1 Å². The molecule has 5 nitrogen and oxygen atoms in total. The van der Waals surface area contributed by atoms with Crippen molar-refractivity contribution < 1.29 is 4.79 Å². The van der Waals surface area contributed by atoms with Crippen molar-refractivity contribution in [3.8, 4) is 0 Å². The van der Waals surface area contributed by atoms with Gasteiger partial charge in [0.25, 0.3) is 11.5 Å². The molecule has 0 N–H and O–H groups in total. The number of hydrogen-bond donors (Lipinski definition) is 0. The Labute approximate surface area is 144 Å². The highest BCUT2D eigenvalue weighted by atomic mass is 79.9. The Kier molecular flexibility index (Phi) is 6.10. The number of carbonyl (C=O) groups is 1. The van der Waals surface area contributed by atoms with Crippen LogP contribution < -0.4 is 5.56 Å². The number of halogens is 1. The summed E-state index contributed by atoms with van der Waals surface area (Å²) in [6.45, 7) is 3.07. The maximum absolute atomic E-state index is 12.5. The first-order valence-corrected chi connectivity index (χ1v) is 8.38. The van der Waals surface area contributed by atoms with Gasteiger partial charge in [-0.1, -0.05) is 41.4 Å². The lowest BCUT2D eigenvalue weighted by molar-refractivity contribution is 0.0776. The Morgan fingerprint density at radius 3 is 2.57 bits per heavy atom. The van der Waals surface area contributed by atoms with Gasteiger partial charge in [0.05, 0.1) is 0 Å². The third-order valence-corrected chi connectivity index (χ3v) is 4.02. The highest BCUT2D eigenvalue weighted by Gasteiger charge is 2.15. The van der Waals surface area contributed by atoms with Crippen molar-refractivity contribution in [2.75, 3.05) is 7.05 Å². The molecule has 1 aromatic carbocycles. The lowest BCUT2D eigenvalue weighted by Crippen LogP contribution is -2.31. The van der Waals surface area contributed by atoms with Crippen LogP contribution >= 0.6 is 15.9 Å². The fourth-order valence-corrected chi connectivity index (χ4v) is 2.43. The van der Waals surface area contributed by atoms with Crippen molar-refractivity contribution in [2.24, 2.45) is 0 Å². The summed E-state index contributed by atoms with van der Waals surface area (Å²) in [7, 11) is 1.73. The van der Waals surface area contributed by atoms with Gasteiger partial charge in [0.2, 0.25) is 0 Å². The predicted molar refractivity (Wildman–Crippen MR) is 93.3 cm³/mol. The number of amides is 1. The first-order chi connectivity index (χ1) is 11.0. The van der Waals surface area contributed by atoms with Gasteiger partial charge in [0.15, 0.2) is 0 Å². The monoisotopic (exact) mass is 377 g/mol. The molecule has 0 aliphatic rings. The number of aromatic nitrogens is 2. The molecule has 0 bridgehead atoms. The summed E-state index contributed by atoms with van der Waals surface area (Å²) in [4.78, 5) is 25.9. The maximum atomic E-state index is 12.5. The van der Waals surface area contributed by atoms with E-state index in [1.54, 1.807) is 11.9 Å². The Balaban J connectivity index is 2.12. The summed E-state index contributed by atoms with van der Waals surface area (Å²) < 4.78 is 2.37. The quantitative estimate of drug-likeness (QED) is 0.776. The lowest BCUT2D eigenvalue weighted by atomic mass is 10.2. The molecule has 6 heteroatoms. The molecule has 0 aliphatic heterocycles. The molecule has 0 unspecified atom stereocenters. The van der Waals surface area contributed by atoms with E-state index in [2.05, 4.69) is 21.0 Å². The molecule has 0 atom stereocenters. The number of carbonyl (C=O) groups excluding carboxylic acids is 1. The minimum Gasteiger partial charge on any atom is -0.336 e. The molecule has 0 spiro atoms. The van der Waals surface area contributed by atoms with E-state index in [1.165, 1.54) is 16.8 Å². The molecule has 122 valence electrons. The molecule has 0 saturated heterocycles. The maximum Gasteiger partial charge on any atom is 0.274 e. The fourth-order valence-electron chi connectivity index (χ4n) is 2.16. The van der Waals surface area contributed by atoms with E-state index in [-0.39, 0.29) is 11.5 Å². The SMILES string of the molecule is CCCCn1nc(C(=O)N(C)Cc2ccc(Br)cc2)ccc1=O. The highest BCUT2D eigenvalue weighted by Crippen LogP contribution is 2.12. The molecule has 0 fully saturated rings. The van der Waals surface area contributed by atoms with Crippen LogP contribution in [0.1, 0.15) is 35.8 Å². The van der Waals surface area contributed by atoms with Crippen molar-refractivity contribution in [1.29, 1.82) is 0 Å². The van der Waals surface area contributed by atoms with E-state index in [0.29, 0.717) is 18.8 Å². The van der Waals surface area contributed by atoms with E-state index >= 15 is 0 Å². The van der Waals surface area contributed by atoms with E-state index < -0.39 is 0 Å². The zero-order valence-electron chi connectivity index (χ0n) is 13.3. The Bertz CT molecular complexity index is 725. The zero-order valence-corrected chi connectivity index (χ0v) is 14.9. The Morgan fingerprint density at radius 2 is 1.91 bits per heavy atom. The van der Waals surface area contributed by atoms with Gasteiger partial charge in [-0.3, -0.25) is 9.59 Å². The average Bonchev–Trinajstić information content (AvgIpc) is 2.55. The molecular weight excluding hydrogens is 358 g/mol. The van der Waals surface area contributed by atoms with Crippen LogP contribution in [0, 0.1) is 0 Å². The standard InChI is InChI=1S/C17H20BrN3O2/c1-3-4-11-21-16(22)10-9-15(19-21)17(23)20(2)12-13-5-7-14(18)8-6-13/h5-10H,3-4,11-12H2,1-2H3. The molecule has 2 aromatic rings. The summed E-state index contributed by atoms with van der Waals surface area (Å²) in [5.41, 5.74) is 1.15. The van der Waals surface area contributed by atoms with Gasteiger partial charge in [0, 0.05) is 30.7 Å². The molecule has 23 heavy (non-hydrogen) atoms. The van der Waals surface area contributed by atoms with Crippen LogP contribution in [0.25, 0.3) is 0 Å². The highest BCUT2D eigenvalue weighted by molar-refractivity contribution is 9.10. The molecule has 0 saturated carbocycles. The van der Waals surface area contributed by atoms with Crippen LogP contribution in [0.5, 0.6) is 0 Å². The number of rotatable bonds is 6. The van der Waals surface area contributed by atoms with E-state index in [4.69, 9.17) is 0 Å². The van der Waals surface area contributed by atoms with Crippen molar-refractivity contribution in [1.82, 2.24) is 14.7 Å². The lowest BCUT2D eigenvalue weighted by Gasteiger charge is -2.17. The second kappa shape index (κ2) is 8.06. The number of nitrogens with zero attached hydrogens (tertiary/aromatic N) is 3. The van der Waals surface area contributed by atoms with Gasteiger partial charge < -0.3 is 4.90 Å². The molecule has 0 aliphatic carbocycles. The van der Waals surface area contributed by atoms with Crippen LogP contribution in [-0.4, -0.2) is 27.6 Å². The molecule has 2 rings (SSSR count). The number of unbranched alkanes of at least 4 members (excludes halogenated alkanes) is 1. The normalized spacial score (nSPS) is 10.6. The van der Waals surface area contributed by atoms with Crippen molar-refractivity contribution in [3.05, 3.63) is 62.5 Å². The second-order valence-electron chi connectivity index (χ2n) is 5.42. The van der Waals surface area contributed by atoms with E-state index in [0.717, 1.165) is 22.9 Å². The minimum atomic E-state index is -0.196. The van der Waals surface area contributed by atoms with Crippen molar-refractivity contribution in [2.45, 2.75) is 32.9 Å².